The molecule has 34 heavy (non-hydrogen) atoms. The van der Waals surface area contributed by atoms with Gasteiger partial charge in [0, 0.05) is 37.3 Å². The Bertz CT molecular complexity index is 1360. The number of hydrogen-bond donors (Lipinski definition) is 6. The van der Waals surface area contributed by atoms with E-state index >= 15 is 0 Å². The van der Waals surface area contributed by atoms with Crippen molar-refractivity contribution in [3.05, 3.63) is 45.4 Å². The number of aromatic nitrogens is 3. The van der Waals surface area contributed by atoms with Crippen molar-refractivity contribution in [2.24, 2.45) is 0 Å². The molecular weight excluding hydrogens is 468 g/mol. The number of hydrogen-bond acceptors (Lipinski definition) is 11. The number of β-lactam (4-membered cyclic amide) rings is 1. The van der Waals surface area contributed by atoms with E-state index in [1.165, 1.54) is 23.4 Å². The molecule has 1 saturated heterocycles. The van der Waals surface area contributed by atoms with E-state index in [4.69, 9.17) is 15.7 Å². The van der Waals surface area contributed by atoms with Crippen molar-refractivity contribution in [2.75, 3.05) is 19.3 Å². The summed E-state index contributed by atoms with van der Waals surface area (Å²) in [7, 11) is 1.52. The molecule has 1 aliphatic heterocycles. The van der Waals surface area contributed by atoms with Gasteiger partial charge in [0.15, 0.2) is 10.9 Å². The Morgan fingerprint density at radius 1 is 1.38 bits per heavy atom. The minimum atomic E-state index is -0.943. The van der Waals surface area contributed by atoms with Crippen molar-refractivity contribution in [3.8, 4) is 17.1 Å². The standard InChI is InChI=1S/C19H18N8O6S/c1-27-10(15(18(27)32)25-17(31)14(20)9-6-34-19(21)24-9)4-23-16(30)13-3-8(26-33-13)7-2-11(28)12(29)5-22-7/h2-3,5-6,10,15,20,29H,4H2,1H3,(H2,21,24)(H,22,28)(H,23,30)(H,25,31)/t10-,15+/m1/s1. The van der Waals surface area contributed by atoms with Crippen LogP contribution in [0.2, 0.25) is 0 Å². The van der Waals surface area contributed by atoms with Crippen molar-refractivity contribution in [2.45, 2.75) is 12.1 Å². The molecule has 0 radical (unpaired) electrons. The number of anilines is 1. The second-order valence-corrected chi connectivity index (χ2v) is 8.19. The van der Waals surface area contributed by atoms with Gasteiger partial charge in [-0.1, -0.05) is 5.16 Å². The van der Waals surface area contributed by atoms with E-state index in [0.29, 0.717) is 0 Å². The third kappa shape index (κ3) is 4.23. The molecule has 1 fully saturated rings. The fraction of sp³-hybridized carbons (Fsp3) is 0.211. The van der Waals surface area contributed by atoms with E-state index in [-0.39, 0.29) is 40.4 Å². The van der Waals surface area contributed by atoms with E-state index < -0.39 is 40.8 Å². The number of aromatic amines is 1. The first-order valence-corrected chi connectivity index (χ1v) is 10.6. The topological polar surface area (TPSA) is 220 Å². The van der Waals surface area contributed by atoms with Crippen molar-refractivity contribution in [1.82, 2.24) is 30.7 Å². The minimum Gasteiger partial charge on any atom is -0.503 e. The molecule has 2 atom stereocenters. The summed E-state index contributed by atoms with van der Waals surface area (Å²) in [6.07, 6.45) is 1.09. The number of nitrogens with zero attached hydrogens (tertiary/aromatic N) is 3. The van der Waals surface area contributed by atoms with E-state index in [0.717, 1.165) is 23.6 Å². The number of rotatable bonds is 7. The van der Waals surface area contributed by atoms with E-state index in [1.807, 2.05) is 0 Å². The zero-order valence-corrected chi connectivity index (χ0v) is 18.3. The maximum absolute atomic E-state index is 12.5. The molecule has 14 nitrogen and oxygen atoms in total. The number of nitrogen functional groups attached to an aromatic ring is 1. The van der Waals surface area contributed by atoms with Gasteiger partial charge in [0.1, 0.15) is 23.1 Å². The highest BCUT2D eigenvalue weighted by Gasteiger charge is 2.46. The number of thiazole rings is 1. The minimum absolute atomic E-state index is 0.0188. The molecule has 0 aliphatic carbocycles. The predicted molar refractivity (Wildman–Crippen MR) is 118 cm³/mol. The zero-order valence-electron chi connectivity index (χ0n) is 17.5. The number of likely N-dealkylation sites (N-methyl/N-ethyl adjacent to an activating group) is 1. The quantitative estimate of drug-likeness (QED) is 0.176. The first kappa shape index (κ1) is 22.7. The van der Waals surface area contributed by atoms with Gasteiger partial charge >= 0.3 is 0 Å². The molecule has 4 heterocycles. The normalized spacial score (nSPS) is 17.2. The maximum atomic E-state index is 12.5. The zero-order chi connectivity index (χ0) is 24.6. The Labute approximate surface area is 194 Å². The lowest BCUT2D eigenvalue weighted by atomic mass is 9.95. The van der Waals surface area contributed by atoms with Crippen LogP contribution in [0.15, 0.2) is 33.0 Å². The Morgan fingerprint density at radius 3 is 2.82 bits per heavy atom. The molecule has 0 bridgehead atoms. The molecule has 3 aromatic heterocycles. The number of likely N-dealkylation sites (tertiary alicyclic amines) is 1. The van der Waals surface area contributed by atoms with Gasteiger partial charge in [0.25, 0.3) is 11.8 Å². The third-order valence-corrected chi connectivity index (χ3v) is 5.84. The third-order valence-electron chi connectivity index (χ3n) is 5.16. The van der Waals surface area contributed by atoms with Gasteiger partial charge in [-0.3, -0.25) is 24.6 Å². The number of H-pyrrole nitrogens is 1. The SMILES string of the molecule is CN1C(=O)[C@@H](NC(=O)C(=N)c2csc(N)n2)[C@H]1CNC(=O)c1cc(-c2cc(=O)c(O)c[nH]2)no1. The Kier molecular flexibility index (Phi) is 5.85. The molecule has 3 amide bonds. The number of nitrogens with one attached hydrogen (secondary N) is 4. The van der Waals surface area contributed by atoms with Crippen LogP contribution in [0.3, 0.4) is 0 Å². The maximum Gasteiger partial charge on any atom is 0.289 e. The van der Waals surface area contributed by atoms with Crippen molar-refractivity contribution in [3.63, 3.8) is 0 Å². The van der Waals surface area contributed by atoms with Crippen LogP contribution in [0, 0.1) is 5.41 Å². The molecule has 0 saturated carbocycles. The molecule has 0 spiro atoms. The molecule has 4 rings (SSSR count). The van der Waals surface area contributed by atoms with Crippen LogP contribution in [0.25, 0.3) is 11.4 Å². The van der Waals surface area contributed by atoms with Gasteiger partial charge in [-0.25, -0.2) is 4.98 Å². The highest BCUT2D eigenvalue weighted by Crippen LogP contribution is 2.19. The fourth-order valence-corrected chi connectivity index (χ4v) is 3.79. The fourth-order valence-electron chi connectivity index (χ4n) is 3.24. The van der Waals surface area contributed by atoms with Gasteiger partial charge in [0.2, 0.25) is 17.1 Å². The van der Waals surface area contributed by atoms with Crippen LogP contribution in [-0.2, 0) is 9.59 Å². The van der Waals surface area contributed by atoms with Crippen LogP contribution in [0.1, 0.15) is 16.2 Å². The lowest BCUT2D eigenvalue weighted by Crippen LogP contribution is -2.72. The van der Waals surface area contributed by atoms with Crippen LogP contribution in [0.5, 0.6) is 5.75 Å². The summed E-state index contributed by atoms with van der Waals surface area (Å²) in [5.74, 6) is -2.42. The van der Waals surface area contributed by atoms with E-state index in [2.05, 4.69) is 25.8 Å². The Morgan fingerprint density at radius 2 is 2.15 bits per heavy atom. The molecule has 15 heteroatoms. The van der Waals surface area contributed by atoms with Gasteiger partial charge in [-0.05, 0) is 0 Å². The summed E-state index contributed by atoms with van der Waals surface area (Å²) < 4.78 is 5.02. The van der Waals surface area contributed by atoms with Gasteiger partial charge in [-0.15, -0.1) is 11.3 Å². The van der Waals surface area contributed by atoms with Crippen molar-refractivity contribution < 1.29 is 24.0 Å². The van der Waals surface area contributed by atoms with E-state index in [9.17, 15) is 24.3 Å². The Hall–Kier alpha value is -4.53. The predicted octanol–water partition coefficient (Wildman–Crippen LogP) is -1.10. The number of amides is 3. The first-order chi connectivity index (χ1) is 16.2. The summed E-state index contributed by atoms with van der Waals surface area (Å²) in [6, 6.07) is 0.897. The van der Waals surface area contributed by atoms with Crippen LogP contribution in [0.4, 0.5) is 5.13 Å². The molecule has 0 aromatic carbocycles. The molecule has 3 aromatic rings. The van der Waals surface area contributed by atoms with Crippen LogP contribution in [-0.4, -0.2) is 74.2 Å². The summed E-state index contributed by atoms with van der Waals surface area (Å²) >= 11 is 1.08. The van der Waals surface area contributed by atoms with Gasteiger partial charge in [0.05, 0.1) is 11.7 Å². The smallest absolute Gasteiger partial charge is 0.289 e. The second kappa shape index (κ2) is 8.78. The number of aromatic hydroxyl groups is 1. The number of carbonyl (C=O) groups excluding carboxylic acids is 3. The Balaban J connectivity index is 1.37. The summed E-state index contributed by atoms with van der Waals surface area (Å²) in [6.45, 7) is -0.0188. The summed E-state index contributed by atoms with van der Waals surface area (Å²) in [4.78, 5) is 56.5. The van der Waals surface area contributed by atoms with Gasteiger partial charge < -0.3 is 35.9 Å². The molecular formula is C19H18N8O6S. The van der Waals surface area contributed by atoms with Crippen LogP contribution < -0.4 is 21.8 Å². The lowest BCUT2D eigenvalue weighted by molar-refractivity contribution is -0.150. The number of carbonyl (C=O) groups is 3. The van der Waals surface area contributed by atoms with E-state index in [1.54, 1.807) is 0 Å². The largest absolute Gasteiger partial charge is 0.503 e. The molecule has 1 aliphatic rings. The summed E-state index contributed by atoms with van der Waals surface area (Å²) in [5.41, 5.74) is 4.97. The first-order valence-electron chi connectivity index (χ1n) is 9.70. The molecule has 176 valence electrons. The van der Waals surface area contributed by atoms with Crippen LogP contribution >= 0.6 is 11.3 Å². The lowest BCUT2D eigenvalue weighted by Gasteiger charge is -2.44. The average Bonchev–Trinajstić information content (AvgIpc) is 3.48. The molecule has 7 N–H and O–H groups in total. The second-order valence-electron chi connectivity index (χ2n) is 7.30. The van der Waals surface area contributed by atoms with Crippen molar-refractivity contribution >= 4 is 39.9 Å². The van der Waals surface area contributed by atoms with Gasteiger partial charge in [-0.2, -0.15) is 0 Å². The number of pyridine rings is 1. The monoisotopic (exact) mass is 486 g/mol. The average molecular weight is 486 g/mol. The number of nitrogens with two attached hydrogens (primary N) is 1. The molecule has 0 unspecified atom stereocenters. The highest BCUT2D eigenvalue weighted by molar-refractivity contribution is 7.13. The highest BCUT2D eigenvalue weighted by atomic mass is 32.1. The van der Waals surface area contributed by atoms with Crippen molar-refractivity contribution in [1.29, 1.82) is 5.41 Å². The summed E-state index contributed by atoms with van der Waals surface area (Å²) in [5, 5.41) is 27.7.